The van der Waals surface area contributed by atoms with E-state index in [0.717, 1.165) is 5.56 Å². The van der Waals surface area contributed by atoms with Gasteiger partial charge in [-0.25, -0.2) is 8.42 Å². The largest absolute Gasteiger partial charge is 0.347 e. The quantitative estimate of drug-likeness (QED) is 0.822. The molecule has 0 bridgehead atoms. The molecule has 20 heavy (non-hydrogen) atoms. The van der Waals surface area contributed by atoms with Gasteiger partial charge in [-0.05, 0) is 38.0 Å². The van der Waals surface area contributed by atoms with Crippen LogP contribution >= 0.6 is 0 Å². The molecule has 0 aliphatic rings. The van der Waals surface area contributed by atoms with Crippen molar-refractivity contribution in [1.82, 2.24) is 5.32 Å². The predicted molar refractivity (Wildman–Crippen MR) is 80.2 cm³/mol. The lowest BCUT2D eigenvalue weighted by atomic mass is 10.0. The molecule has 0 aromatic heterocycles. The molecule has 1 aromatic carbocycles. The molecule has 6 heteroatoms. The summed E-state index contributed by atoms with van der Waals surface area (Å²) in [6.45, 7) is 4.05. The molecule has 0 unspecified atom stereocenters. The molecule has 0 aliphatic heterocycles. The van der Waals surface area contributed by atoms with Gasteiger partial charge in [0.1, 0.15) is 9.84 Å². The Bertz CT molecular complexity index is 563. The Hall–Kier alpha value is -1.40. The van der Waals surface area contributed by atoms with E-state index in [4.69, 9.17) is 5.73 Å². The Balaban J connectivity index is 2.68. The van der Waals surface area contributed by atoms with Gasteiger partial charge in [0, 0.05) is 23.9 Å². The summed E-state index contributed by atoms with van der Waals surface area (Å²) in [6, 6.07) is 7.03. The first-order valence-corrected chi connectivity index (χ1v) is 8.48. The van der Waals surface area contributed by atoms with Gasteiger partial charge in [0.25, 0.3) is 5.91 Å². The molecule has 0 aliphatic carbocycles. The monoisotopic (exact) mass is 298 g/mol. The van der Waals surface area contributed by atoms with E-state index >= 15 is 0 Å². The van der Waals surface area contributed by atoms with Crippen LogP contribution in [0.15, 0.2) is 24.3 Å². The lowest BCUT2D eigenvalue weighted by Gasteiger charge is -2.26. The van der Waals surface area contributed by atoms with E-state index < -0.39 is 15.4 Å². The minimum Gasteiger partial charge on any atom is -0.347 e. The minimum atomic E-state index is -3.03. The summed E-state index contributed by atoms with van der Waals surface area (Å²) in [5.74, 6) is -0.168. The Morgan fingerprint density at radius 3 is 2.25 bits per heavy atom. The molecule has 0 radical (unpaired) electrons. The van der Waals surface area contributed by atoms with Crippen molar-refractivity contribution in [3.8, 4) is 0 Å². The molecule has 3 N–H and O–H groups in total. The summed E-state index contributed by atoms with van der Waals surface area (Å²) >= 11 is 0. The zero-order chi connectivity index (χ0) is 15.4. The van der Waals surface area contributed by atoms with Gasteiger partial charge in [-0.15, -0.1) is 0 Å². The lowest BCUT2D eigenvalue weighted by molar-refractivity contribution is 0.0911. The summed E-state index contributed by atoms with van der Waals surface area (Å²) in [4.78, 5) is 12.1. The van der Waals surface area contributed by atoms with Crippen molar-refractivity contribution in [3.05, 3.63) is 35.4 Å². The second kappa shape index (κ2) is 6.37. The van der Waals surface area contributed by atoms with E-state index in [2.05, 4.69) is 5.32 Å². The maximum atomic E-state index is 12.1. The normalized spacial score (nSPS) is 12.2. The van der Waals surface area contributed by atoms with Gasteiger partial charge in [-0.1, -0.05) is 12.1 Å². The maximum absolute atomic E-state index is 12.1. The molecule has 0 atom stereocenters. The number of sulfone groups is 1. The summed E-state index contributed by atoms with van der Waals surface area (Å²) in [5, 5.41) is 2.85. The van der Waals surface area contributed by atoms with E-state index in [1.165, 1.54) is 6.26 Å². The molecule has 1 aromatic rings. The van der Waals surface area contributed by atoms with Gasteiger partial charge in [0.05, 0.1) is 5.75 Å². The van der Waals surface area contributed by atoms with Crippen molar-refractivity contribution in [2.24, 2.45) is 5.73 Å². The van der Waals surface area contributed by atoms with E-state index in [-0.39, 0.29) is 11.7 Å². The molecule has 0 spiro atoms. The molecule has 0 saturated heterocycles. The van der Waals surface area contributed by atoms with Crippen molar-refractivity contribution in [1.29, 1.82) is 0 Å². The third-order valence-corrected chi connectivity index (χ3v) is 3.95. The van der Waals surface area contributed by atoms with Crippen LogP contribution in [0.2, 0.25) is 0 Å². The zero-order valence-corrected chi connectivity index (χ0v) is 13.0. The summed E-state index contributed by atoms with van der Waals surface area (Å²) in [7, 11) is -3.03. The van der Waals surface area contributed by atoms with E-state index in [9.17, 15) is 13.2 Å². The highest BCUT2D eigenvalue weighted by Crippen LogP contribution is 2.12. The van der Waals surface area contributed by atoms with E-state index in [1.807, 2.05) is 13.8 Å². The molecule has 0 saturated carbocycles. The Morgan fingerprint density at radius 2 is 1.80 bits per heavy atom. The number of benzene rings is 1. The van der Waals surface area contributed by atoms with Gasteiger partial charge in [-0.2, -0.15) is 0 Å². The molecular weight excluding hydrogens is 276 g/mol. The summed E-state index contributed by atoms with van der Waals surface area (Å²) in [5.41, 5.74) is 6.42. The van der Waals surface area contributed by atoms with Crippen LogP contribution in [0.1, 0.15) is 36.2 Å². The van der Waals surface area contributed by atoms with Crippen LogP contribution in [-0.4, -0.2) is 31.9 Å². The predicted octanol–water partition coefficient (Wildman–Crippen LogP) is 1.09. The minimum absolute atomic E-state index is 0.0480. The molecule has 0 heterocycles. The number of hydrogen-bond donors (Lipinski definition) is 2. The molecule has 1 rings (SSSR count). The summed E-state index contributed by atoms with van der Waals surface area (Å²) in [6.07, 6.45) is 1.56. The van der Waals surface area contributed by atoms with Crippen LogP contribution in [0.4, 0.5) is 0 Å². The smallest absolute Gasteiger partial charge is 0.251 e. The Morgan fingerprint density at radius 1 is 1.25 bits per heavy atom. The van der Waals surface area contributed by atoms with Gasteiger partial charge >= 0.3 is 0 Å². The number of nitrogens with one attached hydrogen (secondary N) is 1. The third-order valence-electron chi connectivity index (χ3n) is 3.00. The van der Waals surface area contributed by atoms with Crippen LogP contribution in [-0.2, 0) is 16.4 Å². The number of carbonyl (C=O) groups excluding carboxylic acids is 1. The Kier molecular flexibility index (Phi) is 5.30. The fourth-order valence-corrected chi connectivity index (χ4v) is 2.56. The van der Waals surface area contributed by atoms with Gasteiger partial charge < -0.3 is 11.1 Å². The second-order valence-electron chi connectivity index (χ2n) is 5.62. The van der Waals surface area contributed by atoms with Gasteiger partial charge in [0.15, 0.2) is 0 Å². The molecular formula is C14H22N2O3S. The SMILES string of the molecule is CC(C)(CCS(C)(=O)=O)NC(=O)c1ccc(CN)cc1. The maximum Gasteiger partial charge on any atom is 0.251 e. The first-order valence-electron chi connectivity index (χ1n) is 6.42. The van der Waals surface area contributed by atoms with E-state index in [1.54, 1.807) is 24.3 Å². The van der Waals surface area contributed by atoms with Crippen molar-refractivity contribution in [2.75, 3.05) is 12.0 Å². The standard InChI is InChI=1S/C14H22N2O3S/c1-14(2,8-9-20(3,18)19)16-13(17)12-6-4-11(10-15)5-7-12/h4-7H,8-10,15H2,1-3H3,(H,16,17). The number of carbonyl (C=O) groups is 1. The summed E-state index contributed by atoms with van der Waals surface area (Å²) < 4.78 is 22.4. The van der Waals surface area contributed by atoms with Crippen LogP contribution in [0.25, 0.3) is 0 Å². The van der Waals surface area contributed by atoms with Gasteiger partial charge in [0.2, 0.25) is 0 Å². The van der Waals surface area contributed by atoms with Crippen LogP contribution in [0.5, 0.6) is 0 Å². The first-order chi connectivity index (χ1) is 9.13. The fraction of sp³-hybridized carbons (Fsp3) is 0.500. The lowest BCUT2D eigenvalue weighted by Crippen LogP contribution is -2.44. The highest BCUT2D eigenvalue weighted by atomic mass is 32.2. The van der Waals surface area contributed by atoms with Crippen LogP contribution in [0.3, 0.4) is 0 Å². The molecule has 112 valence electrons. The average Bonchev–Trinajstić information content (AvgIpc) is 2.35. The number of nitrogens with two attached hydrogens (primary N) is 1. The van der Waals surface area contributed by atoms with Gasteiger partial charge in [-0.3, -0.25) is 4.79 Å². The van der Waals surface area contributed by atoms with Crippen molar-refractivity contribution >= 4 is 15.7 Å². The average molecular weight is 298 g/mol. The van der Waals surface area contributed by atoms with Crippen LogP contribution < -0.4 is 11.1 Å². The van der Waals surface area contributed by atoms with Crippen molar-refractivity contribution in [3.63, 3.8) is 0 Å². The second-order valence-corrected chi connectivity index (χ2v) is 7.88. The topological polar surface area (TPSA) is 89.3 Å². The van der Waals surface area contributed by atoms with Crippen molar-refractivity contribution in [2.45, 2.75) is 32.4 Å². The molecule has 1 amide bonds. The molecule has 5 nitrogen and oxygen atoms in total. The zero-order valence-electron chi connectivity index (χ0n) is 12.1. The number of rotatable bonds is 6. The Labute approximate surface area is 120 Å². The van der Waals surface area contributed by atoms with Crippen LogP contribution in [0, 0.1) is 0 Å². The highest BCUT2D eigenvalue weighted by molar-refractivity contribution is 7.90. The number of amides is 1. The van der Waals surface area contributed by atoms with E-state index in [0.29, 0.717) is 18.5 Å². The highest BCUT2D eigenvalue weighted by Gasteiger charge is 2.22. The fourth-order valence-electron chi connectivity index (χ4n) is 1.67. The first kappa shape index (κ1) is 16.7. The molecule has 0 fully saturated rings. The van der Waals surface area contributed by atoms with Crippen molar-refractivity contribution < 1.29 is 13.2 Å². The third kappa shape index (κ3) is 5.71. The number of hydrogen-bond acceptors (Lipinski definition) is 4.